The average molecular weight is 445 g/mol. The standard InChI is InChI=1S/C18H27N3O2.HI/c1-3-10-20-18(19-2)21-13-15-4-6-16(7-5-15)14-23-17-8-11-22-12-9-17;/h3-7,17H,1,8-14H2,2H3,(H2,19,20,21);1H. The molecule has 0 amide bonds. The molecule has 24 heavy (non-hydrogen) atoms. The largest absolute Gasteiger partial charge is 0.381 e. The van der Waals surface area contributed by atoms with Crippen LogP contribution in [0.15, 0.2) is 41.9 Å². The summed E-state index contributed by atoms with van der Waals surface area (Å²) in [5.41, 5.74) is 2.41. The third kappa shape index (κ3) is 7.63. The molecule has 2 N–H and O–H groups in total. The summed E-state index contributed by atoms with van der Waals surface area (Å²) in [5, 5.41) is 6.42. The Morgan fingerprint density at radius 1 is 1.25 bits per heavy atom. The molecule has 6 heteroatoms. The molecule has 1 aromatic rings. The molecule has 0 atom stereocenters. The summed E-state index contributed by atoms with van der Waals surface area (Å²) in [6.45, 7) is 7.41. The van der Waals surface area contributed by atoms with Gasteiger partial charge in [0.2, 0.25) is 0 Å². The molecule has 1 heterocycles. The minimum absolute atomic E-state index is 0. The SMILES string of the molecule is C=CCNC(=NC)NCc1ccc(COC2CCOCC2)cc1.I. The molecule has 0 radical (unpaired) electrons. The molecule has 0 spiro atoms. The summed E-state index contributed by atoms with van der Waals surface area (Å²) < 4.78 is 11.3. The van der Waals surface area contributed by atoms with E-state index in [4.69, 9.17) is 9.47 Å². The summed E-state index contributed by atoms with van der Waals surface area (Å²) in [5.74, 6) is 0.775. The fourth-order valence-corrected chi connectivity index (χ4v) is 2.39. The zero-order valence-corrected chi connectivity index (χ0v) is 16.6. The van der Waals surface area contributed by atoms with Crippen LogP contribution in [-0.2, 0) is 22.6 Å². The first-order valence-electron chi connectivity index (χ1n) is 8.14. The van der Waals surface area contributed by atoms with Gasteiger partial charge in [-0.1, -0.05) is 30.3 Å². The third-order valence-corrected chi connectivity index (χ3v) is 3.77. The lowest BCUT2D eigenvalue weighted by Gasteiger charge is -2.22. The maximum Gasteiger partial charge on any atom is 0.191 e. The molecule has 1 fully saturated rings. The highest BCUT2D eigenvalue weighted by Gasteiger charge is 2.13. The van der Waals surface area contributed by atoms with Crippen molar-refractivity contribution < 1.29 is 9.47 Å². The molecule has 0 unspecified atom stereocenters. The van der Waals surface area contributed by atoms with Crippen molar-refractivity contribution in [1.29, 1.82) is 0 Å². The van der Waals surface area contributed by atoms with Crippen molar-refractivity contribution in [3.8, 4) is 0 Å². The summed E-state index contributed by atoms with van der Waals surface area (Å²) in [7, 11) is 1.76. The number of aliphatic imine (C=N–C) groups is 1. The number of ether oxygens (including phenoxy) is 2. The summed E-state index contributed by atoms with van der Waals surface area (Å²) in [4.78, 5) is 4.16. The number of benzene rings is 1. The highest BCUT2D eigenvalue weighted by molar-refractivity contribution is 14.0. The van der Waals surface area contributed by atoms with E-state index in [1.54, 1.807) is 13.1 Å². The fourth-order valence-electron chi connectivity index (χ4n) is 2.39. The molecule has 0 bridgehead atoms. The van der Waals surface area contributed by atoms with Crippen molar-refractivity contribution in [1.82, 2.24) is 10.6 Å². The van der Waals surface area contributed by atoms with Crippen LogP contribution in [0.2, 0.25) is 0 Å². The van der Waals surface area contributed by atoms with Gasteiger partial charge in [0.25, 0.3) is 0 Å². The van der Waals surface area contributed by atoms with E-state index >= 15 is 0 Å². The Morgan fingerprint density at radius 3 is 2.54 bits per heavy atom. The van der Waals surface area contributed by atoms with Gasteiger partial charge >= 0.3 is 0 Å². The van der Waals surface area contributed by atoms with Crippen LogP contribution < -0.4 is 10.6 Å². The van der Waals surface area contributed by atoms with Crippen LogP contribution in [0.25, 0.3) is 0 Å². The van der Waals surface area contributed by atoms with Crippen LogP contribution in [0.5, 0.6) is 0 Å². The molecule has 5 nitrogen and oxygen atoms in total. The molecule has 2 rings (SSSR count). The van der Waals surface area contributed by atoms with Crippen molar-refractivity contribution in [3.63, 3.8) is 0 Å². The van der Waals surface area contributed by atoms with Crippen LogP contribution >= 0.6 is 24.0 Å². The number of nitrogens with one attached hydrogen (secondary N) is 2. The van der Waals surface area contributed by atoms with Gasteiger partial charge in [0.15, 0.2) is 5.96 Å². The smallest absolute Gasteiger partial charge is 0.191 e. The van der Waals surface area contributed by atoms with Gasteiger partial charge in [-0.25, -0.2) is 0 Å². The zero-order valence-electron chi connectivity index (χ0n) is 14.3. The first kappa shape index (κ1) is 20.9. The van der Waals surface area contributed by atoms with Crippen LogP contribution in [0.4, 0.5) is 0 Å². The van der Waals surface area contributed by atoms with Gasteiger partial charge in [-0.2, -0.15) is 0 Å². The third-order valence-electron chi connectivity index (χ3n) is 3.77. The number of rotatable bonds is 7. The number of nitrogens with zero attached hydrogens (tertiary/aromatic N) is 1. The van der Waals surface area contributed by atoms with E-state index in [2.05, 4.69) is 46.5 Å². The fraction of sp³-hybridized carbons (Fsp3) is 0.500. The van der Waals surface area contributed by atoms with E-state index in [9.17, 15) is 0 Å². The van der Waals surface area contributed by atoms with E-state index in [0.717, 1.165) is 38.6 Å². The summed E-state index contributed by atoms with van der Waals surface area (Å²) in [6, 6.07) is 8.49. The normalized spacial score (nSPS) is 15.5. The molecule has 1 aromatic carbocycles. The summed E-state index contributed by atoms with van der Waals surface area (Å²) >= 11 is 0. The van der Waals surface area contributed by atoms with Gasteiger partial charge in [0.1, 0.15) is 0 Å². The molecule has 0 aromatic heterocycles. The Hall–Kier alpha value is -1.12. The average Bonchev–Trinajstić information content (AvgIpc) is 2.62. The van der Waals surface area contributed by atoms with Gasteiger partial charge < -0.3 is 20.1 Å². The predicted molar refractivity (Wildman–Crippen MR) is 109 cm³/mol. The van der Waals surface area contributed by atoms with Gasteiger partial charge in [0, 0.05) is 33.4 Å². The van der Waals surface area contributed by atoms with Crippen molar-refractivity contribution in [3.05, 3.63) is 48.0 Å². The van der Waals surface area contributed by atoms with Crippen molar-refractivity contribution in [2.24, 2.45) is 4.99 Å². The second-order valence-electron chi connectivity index (χ2n) is 5.53. The van der Waals surface area contributed by atoms with E-state index in [1.807, 2.05) is 0 Å². The predicted octanol–water partition coefficient (Wildman–Crippen LogP) is 2.85. The lowest BCUT2D eigenvalue weighted by Crippen LogP contribution is -2.36. The van der Waals surface area contributed by atoms with Crippen LogP contribution in [0.3, 0.4) is 0 Å². The zero-order chi connectivity index (χ0) is 16.3. The van der Waals surface area contributed by atoms with E-state index in [-0.39, 0.29) is 24.0 Å². The molecule has 0 aliphatic carbocycles. The number of hydrogen-bond donors (Lipinski definition) is 2. The molecular formula is C18H28IN3O2. The first-order valence-corrected chi connectivity index (χ1v) is 8.14. The van der Waals surface area contributed by atoms with Gasteiger partial charge in [-0.15, -0.1) is 30.6 Å². The van der Waals surface area contributed by atoms with E-state index in [0.29, 0.717) is 19.3 Å². The highest BCUT2D eigenvalue weighted by atomic mass is 127. The minimum Gasteiger partial charge on any atom is -0.381 e. The molecular weight excluding hydrogens is 417 g/mol. The molecule has 134 valence electrons. The number of hydrogen-bond acceptors (Lipinski definition) is 3. The van der Waals surface area contributed by atoms with Crippen LogP contribution in [-0.4, -0.2) is 38.9 Å². The van der Waals surface area contributed by atoms with Crippen LogP contribution in [0.1, 0.15) is 24.0 Å². The van der Waals surface area contributed by atoms with Crippen molar-refractivity contribution in [2.45, 2.75) is 32.1 Å². The second-order valence-corrected chi connectivity index (χ2v) is 5.53. The maximum atomic E-state index is 5.93. The monoisotopic (exact) mass is 445 g/mol. The highest BCUT2D eigenvalue weighted by Crippen LogP contribution is 2.14. The lowest BCUT2D eigenvalue weighted by atomic mass is 10.1. The lowest BCUT2D eigenvalue weighted by molar-refractivity contribution is -0.0390. The minimum atomic E-state index is 0. The molecule has 1 saturated heterocycles. The summed E-state index contributed by atoms with van der Waals surface area (Å²) in [6.07, 6.45) is 4.14. The topological polar surface area (TPSA) is 54.9 Å². The first-order chi connectivity index (χ1) is 11.3. The van der Waals surface area contributed by atoms with E-state index < -0.39 is 0 Å². The molecule has 1 aliphatic rings. The molecule has 1 aliphatic heterocycles. The van der Waals surface area contributed by atoms with Crippen molar-refractivity contribution >= 4 is 29.9 Å². The van der Waals surface area contributed by atoms with E-state index in [1.165, 1.54) is 11.1 Å². The Bertz CT molecular complexity index is 499. The Morgan fingerprint density at radius 2 is 1.92 bits per heavy atom. The maximum absolute atomic E-state index is 5.93. The van der Waals surface area contributed by atoms with Gasteiger partial charge in [0.05, 0.1) is 12.7 Å². The van der Waals surface area contributed by atoms with Crippen LogP contribution in [0, 0.1) is 0 Å². The second kappa shape index (κ2) is 12.3. The quantitative estimate of drug-likeness (QED) is 0.294. The van der Waals surface area contributed by atoms with Gasteiger partial charge in [-0.05, 0) is 24.0 Å². The number of guanidine groups is 1. The number of halogens is 1. The Balaban J connectivity index is 0.00000288. The van der Waals surface area contributed by atoms with Gasteiger partial charge in [-0.3, -0.25) is 4.99 Å². The Labute approximate surface area is 161 Å². The Kier molecular flexibility index (Phi) is 10.7. The molecule has 0 saturated carbocycles. The van der Waals surface area contributed by atoms with Crippen molar-refractivity contribution in [2.75, 3.05) is 26.8 Å².